The van der Waals surface area contributed by atoms with E-state index in [1.807, 2.05) is 53.7 Å². The summed E-state index contributed by atoms with van der Waals surface area (Å²) in [5, 5.41) is 2.86. The van der Waals surface area contributed by atoms with Crippen LogP contribution in [0.3, 0.4) is 0 Å². The van der Waals surface area contributed by atoms with Crippen molar-refractivity contribution in [2.24, 2.45) is 0 Å². The van der Waals surface area contributed by atoms with E-state index in [1.165, 1.54) is 12.5 Å². The molecule has 2 amide bonds. The van der Waals surface area contributed by atoms with Crippen molar-refractivity contribution < 1.29 is 19.1 Å². The van der Waals surface area contributed by atoms with Gasteiger partial charge < -0.3 is 24.3 Å². The first-order valence-corrected chi connectivity index (χ1v) is 13.0. The molecule has 0 saturated carbocycles. The number of nitrogens with zero attached hydrogens (tertiary/aromatic N) is 4. The number of hydrogen-bond donors (Lipinski definition) is 1. The first-order chi connectivity index (χ1) is 18.5. The molecule has 0 bridgehead atoms. The van der Waals surface area contributed by atoms with Gasteiger partial charge in [-0.15, -0.1) is 0 Å². The number of nitrogens with one attached hydrogen (secondary N) is 1. The minimum Gasteiger partial charge on any atom is -0.493 e. The van der Waals surface area contributed by atoms with Gasteiger partial charge in [0.1, 0.15) is 11.9 Å². The lowest BCUT2D eigenvalue weighted by Crippen LogP contribution is -2.50. The number of hydrogen-bond acceptors (Lipinski definition) is 6. The van der Waals surface area contributed by atoms with E-state index in [2.05, 4.69) is 31.9 Å². The summed E-state index contributed by atoms with van der Waals surface area (Å²) in [5.74, 6) is 1.93. The van der Waals surface area contributed by atoms with Crippen LogP contribution in [0, 0.1) is 0 Å². The number of imidazole rings is 1. The van der Waals surface area contributed by atoms with Gasteiger partial charge in [-0.1, -0.05) is 36.4 Å². The maximum absolute atomic E-state index is 13.6. The van der Waals surface area contributed by atoms with E-state index in [-0.39, 0.29) is 11.8 Å². The zero-order chi connectivity index (χ0) is 26.9. The topological polar surface area (TPSA) is 88.9 Å². The molecule has 1 saturated heterocycles. The molecule has 1 fully saturated rings. The first-order valence-electron chi connectivity index (χ1n) is 13.0. The summed E-state index contributed by atoms with van der Waals surface area (Å²) in [5.41, 5.74) is 2.12. The van der Waals surface area contributed by atoms with E-state index >= 15 is 0 Å². The minimum absolute atomic E-state index is 0.0672. The molecule has 202 valence electrons. The van der Waals surface area contributed by atoms with Gasteiger partial charge in [0.15, 0.2) is 11.5 Å². The van der Waals surface area contributed by atoms with Crippen molar-refractivity contribution in [3.8, 4) is 11.5 Å². The Balaban J connectivity index is 1.39. The molecule has 4 rings (SSSR count). The summed E-state index contributed by atoms with van der Waals surface area (Å²) in [4.78, 5) is 34.4. The van der Waals surface area contributed by atoms with Crippen LogP contribution in [0.4, 0.5) is 0 Å². The highest BCUT2D eigenvalue weighted by molar-refractivity contribution is 5.87. The highest BCUT2D eigenvalue weighted by Gasteiger charge is 2.28. The summed E-state index contributed by atoms with van der Waals surface area (Å²) >= 11 is 0. The fourth-order valence-corrected chi connectivity index (χ4v) is 4.87. The molecule has 1 unspecified atom stereocenters. The molecule has 0 spiro atoms. The number of rotatable bonds is 10. The number of carbonyl (C=O) groups is 2. The molecule has 9 nitrogen and oxygen atoms in total. The number of ether oxygens (including phenoxy) is 2. The Hall–Kier alpha value is -3.85. The molecule has 1 aliphatic heterocycles. The van der Waals surface area contributed by atoms with E-state index in [9.17, 15) is 9.59 Å². The molecule has 1 aromatic heterocycles. The average molecular weight is 520 g/mol. The maximum Gasteiger partial charge on any atom is 0.245 e. The average Bonchev–Trinajstić information content (AvgIpc) is 3.21. The minimum atomic E-state index is -0.651. The van der Waals surface area contributed by atoms with Crippen LogP contribution in [0.2, 0.25) is 0 Å². The normalized spacial score (nSPS) is 15.0. The van der Waals surface area contributed by atoms with Crippen molar-refractivity contribution >= 4 is 11.8 Å². The Kier molecular flexibility index (Phi) is 9.37. The number of methoxy groups -OCH3 is 2. The number of aromatic nitrogens is 2. The fourth-order valence-electron chi connectivity index (χ4n) is 4.87. The molecule has 2 aromatic carbocycles. The predicted octanol–water partition coefficient (Wildman–Crippen LogP) is 2.73. The van der Waals surface area contributed by atoms with Crippen LogP contribution in [0.25, 0.3) is 0 Å². The van der Waals surface area contributed by atoms with Crippen molar-refractivity contribution in [3.63, 3.8) is 0 Å². The first kappa shape index (κ1) is 27.2. The lowest BCUT2D eigenvalue weighted by molar-refractivity contribution is -0.136. The molecule has 0 radical (unpaired) electrons. The maximum atomic E-state index is 13.6. The van der Waals surface area contributed by atoms with E-state index < -0.39 is 6.04 Å². The molecule has 1 aliphatic rings. The van der Waals surface area contributed by atoms with Gasteiger partial charge in [-0.2, -0.15) is 0 Å². The lowest BCUT2D eigenvalue weighted by Gasteiger charge is -2.27. The van der Waals surface area contributed by atoms with Crippen molar-refractivity contribution in [2.75, 3.05) is 40.4 Å². The Labute approximate surface area is 224 Å². The molecule has 0 aliphatic carbocycles. The van der Waals surface area contributed by atoms with E-state index in [1.54, 1.807) is 14.2 Å². The summed E-state index contributed by atoms with van der Waals surface area (Å²) in [7, 11) is 3.16. The second-order valence-electron chi connectivity index (χ2n) is 9.56. The van der Waals surface area contributed by atoms with Gasteiger partial charge in [0, 0.05) is 58.5 Å². The molecule has 3 aromatic rings. The van der Waals surface area contributed by atoms with Crippen LogP contribution in [0.15, 0.2) is 60.9 Å². The van der Waals surface area contributed by atoms with Gasteiger partial charge >= 0.3 is 0 Å². The van der Waals surface area contributed by atoms with Gasteiger partial charge in [-0.3, -0.25) is 14.5 Å². The van der Waals surface area contributed by atoms with Crippen LogP contribution >= 0.6 is 0 Å². The number of benzene rings is 2. The number of carbonyl (C=O) groups excluding carboxylic acids is 2. The lowest BCUT2D eigenvalue weighted by atomic mass is 10.0. The van der Waals surface area contributed by atoms with E-state index in [0.29, 0.717) is 31.0 Å². The third-order valence-corrected chi connectivity index (χ3v) is 6.83. The van der Waals surface area contributed by atoms with E-state index in [4.69, 9.17) is 9.47 Å². The Bertz CT molecular complexity index is 1210. The predicted molar refractivity (Wildman–Crippen MR) is 145 cm³/mol. The van der Waals surface area contributed by atoms with Crippen LogP contribution in [-0.2, 0) is 29.1 Å². The van der Waals surface area contributed by atoms with Gasteiger partial charge in [-0.05, 0) is 29.7 Å². The summed E-state index contributed by atoms with van der Waals surface area (Å²) < 4.78 is 12.9. The molecular formula is C29H37N5O4. The molecule has 38 heavy (non-hydrogen) atoms. The molecular weight excluding hydrogens is 482 g/mol. The van der Waals surface area contributed by atoms with Gasteiger partial charge in [0.05, 0.1) is 20.8 Å². The van der Waals surface area contributed by atoms with Crippen molar-refractivity contribution in [3.05, 3.63) is 77.9 Å². The summed E-state index contributed by atoms with van der Waals surface area (Å²) in [6.07, 6.45) is 5.09. The van der Waals surface area contributed by atoms with Gasteiger partial charge in [0.2, 0.25) is 11.8 Å². The summed E-state index contributed by atoms with van der Waals surface area (Å²) in [6, 6.07) is 15.3. The second-order valence-corrected chi connectivity index (χ2v) is 9.56. The largest absolute Gasteiger partial charge is 0.493 e. The molecule has 2 heterocycles. The van der Waals surface area contributed by atoms with E-state index in [0.717, 1.165) is 44.0 Å². The third kappa shape index (κ3) is 7.13. The molecule has 1 atom stereocenters. The van der Waals surface area contributed by atoms with Crippen molar-refractivity contribution in [1.29, 1.82) is 0 Å². The third-order valence-electron chi connectivity index (χ3n) is 6.83. The van der Waals surface area contributed by atoms with Crippen molar-refractivity contribution in [1.82, 2.24) is 24.7 Å². The standard InChI is InChI=1S/C29H37N5O4/c1-22(35)31-25(18-24-10-11-26(37-2)27(19-24)38-3)29(36)33-14-7-13-32(16-17-33)21-28-30-12-15-34(28)20-23-8-5-4-6-9-23/h4-6,8-12,15,19,25H,7,13-14,16-18,20-21H2,1-3H3,(H,31,35). The number of amides is 2. The van der Waals surface area contributed by atoms with Crippen LogP contribution < -0.4 is 14.8 Å². The fraction of sp³-hybridized carbons (Fsp3) is 0.414. The molecule has 1 N–H and O–H groups in total. The highest BCUT2D eigenvalue weighted by atomic mass is 16.5. The van der Waals surface area contributed by atoms with Crippen LogP contribution in [0.5, 0.6) is 11.5 Å². The Morgan fingerprint density at radius 1 is 0.947 bits per heavy atom. The summed E-state index contributed by atoms with van der Waals surface area (Å²) in [6.45, 7) is 5.81. The van der Waals surface area contributed by atoms with Crippen molar-refractivity contribution in [2.45, 2.75) is 38.9 Å². The zero-order valence-corrected chi connectivity index (χ0v) is 22.4. The Morgan fingerprint density at radius 2 is 1.74 bits per heavy atom. The highest BCUT2D eigenvalue weighted by Crippen LogP contribution is 2.28. The second kappa shape index (κ2) is 13.1. The zero-order valence-electron chi connectivity index (χ0n) is 22.4. The van der Waals surface area contributed by atoms with Crippen LogP contribution in [-0.4, -0.2) is 77.6 Å². The smallest absolute Gasteiger partial charge is 0.245 e. The van der Waals surface area contributed by atoms with Gasteiger partial charge in [0.25, 0.3) is 0 Å². The van der Waals surface area contributed by atoms with Crippen LogP contribution in [0.1, 0.15) is 30.3 Å². The molecule has 9 heteroatoms. The Morgan fingerprint density at radius 3 is 2.47 bits per heavy atom. The quantitative estimate of drug-likeness (QED) is 0.443. The SMILES string of the molecule is COc1ccc(CC(NC(C)=O)C(=O)N2CCCN(Cc3nccn3Cc3ccccc3)CC2)cc1OC. The van der Waals surface area contributed by atoms with Gasteiger partial charge in [-0.25, -0.2) is 4.98 Å². The monoisotopic (exact) mass is 519 g/mol.